The fraction of sp³-hybridized carbons (Fsp3) is 0.316. The molecular formula is C19H24N2O2. The Bertz CT molecular complexity index is 628. The number of carbonyl (C=O) groups excluding carboxylic acids is 1. The van der Waals surface area contributed by atoms with Crippen LogP contribution in [0.25, 0.3) is 0 Å². The standard InChI is InChI=1S/C19H24N2O2/c1-20(14-9-15-23-3)19(22)17-12-7-8-13-18(17)21(2)16-10-5-4-6-11-16/h4-8,10-13H,9,14-15H2,1-3H3. The van der Waals surface area contributed by atoms with E-state index in [1.165, 1.54) is 0 Å². The molecule has 0 atom stereocenters. The number of methoxy groups -OCH3 is 1. The average molecular weight is 312 g/mol. The Morgan fingerprint density at radius 3 is 2.35 bits per heavy atom. The zero-order valence-corrected chi connectivity index (χ0v) is 14.0. The summed E-state index contributed by atoms with van der Waals surface area (Å²) >= 11 is 0. The molecular weight excluding hydrogens is 288 g/mol. The molecule has 0 aromatic heterocycles. The number of anilines is 2. The molecule has 0 saturated carbocycles. The molecule has 0 heterocycles. The van der Waals surface area contributed by atoms with Gasteiger partial charge in [-0.15, -0.1) is 0 Å². The van der Waals surface area contributed by atoms with E-state index in [1.807, 2.05) is 73.6 Å². The Morgan fingerprint density at radius 1 is 1.00 bits per heavy atom. The van der Waals surface area contributed by atoms with Crippen LogP contribution in [0.4, 0.5) is 11.4 Å². The zero-order chi connectivity index (χ0) is 16.7. The van der Waals surface area contributed by atoms with Crippen LogP contribution in [0.5, 0.6) is 0 Å². The highest BCUT2D eigenvalue weighted by Crippen LogP contribution is 2.27. The van der Waals surface area contributed by atoms with Gasteiger partial charge in [0.15, 0.2) is 0 Å². The Hall–Kier alpha value is -2.33. The first kappa shape index (κ1) is 17.0. The van der Waals surface area contributed by atoms with Crippen molar-refractivity contribution in [2.45, 2.75) is 6.42 Å². The third kappa shape index (κ3) is 4.33. The van der Waals surface area contributed by atoms with E-state index in [2.05, 4.69) is 0 Å². The van der Waals surface area contributed by atoms with E-state index in [9.17, 15) is 4.79 Å². The van der Waals surface area contributed by atoms with Gasteiger partial charge in [-0.25, -0.2) is 0 Å². The molecule has 0 saturated heterocycles. The summed E-state index contributed by atoms with van der Waals surface area (Å²) in [5.41, 5.74) is 2.66. The highest BCUT2D eigenvalue weighted by atomic mass is 16.5. The molecule has 1 amide bonds. The van der Waals surface area contributed by atoms with Gasteiger partial charge in [-0.1, -0.05) is 30.3 Å². The molecule has 0 bridgehead atoms. The van der Waals surface area contributed by atoms with E-state index in [0.717, 1.165) is 17.8 Å². The van der Waals surface area contributed by atoms with Crippen LogP contribution in [0, 0.1) is 0 Å². The van der Waals surface area contributed by atoms with Crippen molar-refractivity contribution in [2.24, 2.45) is 0 Å². The molecule has 2 aromatic carbocycles. The second-order valence-electron chi connectivity index (χ2n) is 5.48. The summed E-state index contributed by atoms with van der Waals surface area (Å²) in [6.07, 6.45) is 0.829. The van der Waals surface area contributed by atoms with Gasteiger partial charge in [-0.2, -0.15) is 0 Å². The van der Waals surface area contributed by atoms with Gasteiger partial charge in [-0.3, -0.25) is 4.79 Å². The minimum atomic E-state index is 0.0273. The minimum absolute atomic E-state index is 0.0273. The Labute approximate surface area is 138 Å². The average Bonchev–Trinajstić information content (AvgIpc) is 2.61. The first-order valence-corrected chi connectivity index (χ1v) is 7.77. The van der Waals surface area contributed by atoms with Crippen LogP contribution >= 0.6 is 0 Å². The van der Waals surface area contributed by atoms with E-state index in [0.29, 0.717) is 18.7 Å². The summed E-state index contributed by atoms with van der Waals surface area (Å²) in [6, 6.07) is 17.7. The van der Waals surface area contributed by atoms with E-state index in [4.69, 9.17) is 4.74 Å². The predicted molar refractivity (Wildman–Crippen MR) is 94.4 cm³/mol. The minimum Gasteiger partial charge on any atom is -0.385 e. The van der Waals surface area contributed by atoms with Crippen LogP contribution in [-0.2, 0) is 4.74 Å². The first-order valence-electron chi connectivity index (χ1n) is 7.77. The van der Waals surface area contributed by atoms with Gasteiger partial charge < -0.3 is 14.5 Å². The summed E-state index contributed by atoms with van der Waals surface area (Å²) < 4.78 is 5.05. The van der Waals surface area contributed by atoms with Gasteiger partial charge in [0.05, 0.1) is 11.3 Å². The maximum atomic E-state index is 12.8. The predicted octanol–water partition coefficient (Wildman–Crippen LogP) is 3.56. The third-order valence-electron chi connectivity index (χ3n) is 3.83. The summed E-state index contributed by atoms with van der Waals surface area (Å²) in [5, 5.41) is 0. The zero-order valence-electron chi connectivity index (χ0n) is 14.0. The van der Waals surface area contributed by atoms with Crippen molar-refractivity contribution in [1.82, 2.24) is 4.90 Å². The Morgan fingerprint density at radius 2 is 1.65 bits per heavy atom. The van der Waals surface area contributed by atoms with E-state index < -0.39 is 0 Å². The Kier molecular flexibility index (Phi) is 6.18. The van der Waals surface area contributed by atoms with E-state index in [-0.39, 0.29) is 5.91 Å². The molecule has 122 valence electrons. The topological polar surface area (TPSA) is 32.8 Å². The number of rotatable bonds is 7. The fourth-order valence-corrected chi connectivity index (χ4v) is 2.49. The molecule has 0 fully saturated rings. The van der Waals surface area contributed by atoms with Crippen LogP contribution in [0.1, 0.15) is 16.8 Å². The molecule has 2 rings (SSSR count). The van der Waals surface area contributed by atoms with Gasteiger partial charge in [0, 0.05) is 40.0 Å². The number of hydrogen-bond donors (Lipinski definition) is 0. The van der Waals surface area contributed by atoms with Gasteiger partial charge in [0.25, 0.3) is 5.91 Å². The fourth-order valence-electron chi connectivity index (χ4n) is 2.49. The van der Waals surface area contributed by atoms with Crippen LogP contribution in [0.15, 0.2) is 54.6 Å². The lowest BCUT2D eigenvalue weighted by molar-refractivity contribution is 0.0780. The van der Waals surface area contributed by atoms with E-state index in [1.54, 1.807) is 12.0 Å². The maximum absolute atomic E-state index is 12.8. The molecule has 2 aromatic rings. The molecule has 0 aliphatic heterocycles. The number of carbonyl (C=O) groups is 1. The summed E-state index contributed by atoms with van der Waals surface area (Å²) in [7, 11) is 5.48. The largest absolute Gasteiger partial charge is 0.385 e. The normalized spacial score (nSPS) is 10.4. The van der Waals surface area contributed by atoms with Gasteiger partial charge in [0.2, 0.25) is 0 Å². The number of benzene rings is 2. The lowest BCUT2D eigenvalue weighted by Crippen LogP contribution is -2.29. The molecule has 0 unspecified atom stereocenters. The lowest BCUT2D eigenvalue weighted by atomic mass is 10.1. The number of amides is 1. The molecule has 0 aliphatic rings. The number of hydrogen-bond acceptors (Lipinski definition) is 3. The molecule has 23 heavy (non-hydrogen) atoms. The monoisotopic (exact) mass is 312 g/mol. The second-order valence-corrected chi connectivity index (χ2v) is 5.48. The SMILES string of the molecule is COCCCN(C)C(=O)c1ccccc1N(C)c1ccccc1. The van der Waals surface area contributed by atoms with Crippen molar-refractivity contribution in [3.05, 3.63) is 60.2 Å². The van der Waals surface area contributed by atoms with Crippen molar-refractivity contribution in [2.75, 3.05) is 39.3 Å². The number of para-hydroxylation sites is 2. The molecule has 0 aliphatic carbocycles. The lowest BCUT2D eigenvalue weighted by Gasteiger charge is -2.24. The third-order valence-corrected chi connectivity index (χ3v) is 3.83. The summed E-state index contributed by atoms with van der Waals surface area (Å²) in [4.78, 5) is 16.5. The highest BCUT2D eigenvalue weighted by molar-refractivity contribution is 6.00. The van der Waals surface area contributed by atoms with Crippen LogP contribution in [0.2, 0.25) is 0 Å². The van der Waals surface area contributed by atoms with Crippen LogP contribution < -0.4 is 4.90 Å². The molecule has 4 heteroatoms. The van der Waals surface area contributed by atoms with Crippen molar-refractivity contribution >= 4 is 17.3 Å². The number of nitrogens with zero attached hydrogens (tertiary/aromatic N) is 2. The van der Waals surface area contributed by atoms with Crippen molar-refractivity contribution in [3.8, 4) is 0 Å². The summed E-state index contributed by atoms with van der Waals surface area (Å²) in [5.74, 6) is 0.0273. The highest BCUT2D eigenvalue weighted by Gasteiger charge is 2.18. The molecule has 0 N–H and O–H groups in total. The van der Waals surface area contributed by atoms with Crippen molar-refractivity contribution < 1.29 is 9.53 Å². The smallest absolute Gasteiger partial charge is 0.255 e. The van der Waals surface area contributed by atoms with Gasteiger partial charge in [0.1, 0.15) is 0 Å². The van der Waals surface area contributed by atoms with Gasteiger partial charge in [-0.05, 0) is 30.7 Å². The number of ether oxygens (including phenoxy) is 1. The van der Waals surface area contributed by atoms with Crippen LogP contribution in [0.3, 0.4) is 0 Å². The summed E-state index contributed by atoms with van der Waals surface area (Å²) in [6.45, 7) is 1.33. The molecule has 4 nitrogen and oxygen atoms in total. The van der Waals surface area contributed by atoms with Gasteiger partial charge >= 0.3 is 0 Å². The Balaban J connectivity index is 2.21. The van der Waals surface area contributed by atoms with Crippen molar-refractivity contribution in [1.29, 1.82) is 0 Å². The molecule has 0 spiro atoms. The quantitative estimate of drug-likeness (QED) is 0.733. The first-order chi connectivity index (χ1) is 11.1. The maximum Gasteiger partial charge on any atom is 0.255 e. The van der Waals surface area contributed by atoms with Crippen molar-refractivity contribution in [3.63, 3.8) is 0 Å². The molecule has 0 radical (unpaired) electrons. The van der Waals surface area contributed by atoms with E-state index >= 15 is 0 Å². The second kappa shape index (κ2) is 8.34. The van der Waals surface area contributed by atoms with Crippen LogP contribution in [-0.4, -0.2) is 45.2 Å².